The molecule has 0 aliphatic rings. The molecule has 1 aromatic carbocycles. The normalized spacial score (nSPS) is 11.2. The molecule has 8 heteroatoms. The van der Waals surface area contributed by atoms with Crippen molar-refractivity contribution < 1.29 is 27.4 Å². The number of methoxy groups -OCH3 is 1. The molecule has 0 bridgehead atoms. The molecule has 112 valence electrons. The third kappa shape index (κ3) is 5.79. The number of alkyl halides is 3. The lowest BCUT2D eigenvalue weighted by atomic mass is 10.2. The molecule has 0 unspecified atom stereocenters. The van der Waals surface area contributed by atoms with E-state index in [9.17, 15) is 18.0 Å². The third-order valence-corrected chi connectivity index (χ3v) is 2.30. The summed E-state index contributed by atoms with van der Waals surface area (Å²) in [6.45, 7) is -1.03. The number of anilines is 2. The lowest BCUT2D eigenvalue weighted by Crippen LogP contribution is -2.21. The predicted octanol–water partition coefficient (Wildman–Crippen LogP) is 2.18. The number of carbonyl (C=O) groups excluding carboxylic acids is 1. The molecule has 0 spiro atoms. The second-order valence-corrected chi connectivity index (χ2v) is 3.92. The first-order chi connectivity index (χ1) is 9.31. The van der Waals surface area contributed by atoms with Gasteiger partial charge in [-0.25, -0.2) is 0 Å². The van der Waals surface area contributed by atoms with Crippen LogP contribution in [0.1, 0.15) is 6.42 Å². The van der Waals surface area contributed by atoms with E-state index >= 15 is 0 Å². The molecule has 0 heterocycles. The van der Waals surface area contributed by atoms with E-state index in [1.807, 2.05) is 0 Å². The Hall–Kier alpha value is -1.96. The van der Waals surface area contributed by atoms with E-state index in [4.69, 9.17) is 10.5 Å². The van der Waals surface area contributed by atoms with Crippen molar-refractivity contribution in [2.24, 2.45) is 0 Å². The standard InChI is InChI=1S/C12H15F3N2O3/c1-19-8-2-3-10(9(16)6-8)17-11(18)7-20-5-4-12(13,14)15/h2-3,6H,4-5,7,16H2,1H3,(H,17,18). The molecule has 1 rings (SSSR count). The molecule has 0 aliphatic carbocycles. The number of halogens is 3. The Bertz CT molecular complexity index is 464. The largest absolute Gasteiger partial charge is 0.497 e. The van der Waals surface area contributed by atoms with Crippen LogP contribution in [0.4, 0.5) is 24.5 Å². The Morgan fingerprint density at radius 1 is 1.40 bits per heavy atom. The highest BCUT2D eigenvalue weighted by Crippen LogP contribution is 2.24. The fourth-order valence-electron chi connectivity index (χ4n) is 1.32. The Balaban J connectivity index is 2.39. The van der Waals surface area contributed by atoms with Gasteiger partial charge < -0.3 is 20.5 Å². The number of carbonyl (C=O) groups is 1. The molecule has 0 radical (unpaired) electrons. The van der Waals surface area contributed by atoms with Crippen molar-refractivity contribution in [3.63, 3.8) is 0 Å². The quantitative estimate of drug-likeness (QED) is 0.622. The van der Waals surface area contributed by atoms with Crippen LogP contribution in [-0.2, 0) is 9.53 Å². The average Bonchev–Trinajstić information content (AvgIpc) is 2.36. The Morgan fingerprint density at radius 3 is 2.65 bits per heavy atom. The fourth-order valence-corrected chi connectivity index (χ4v) is 1.32. The number of nitrogen functional groups attached to an aromatic ring is 1. The number of benzene rings is 1. The first kappa shape index (κ1) is 16.1. The zero-order valence-corrected chi connectivity index (χ0v) is 10.8. The molecule has 0 saturated heterocycles. The summed E-state index contributed by atoms with van der Waals surface area (Å²) in [5.41, 5.74) is 6.30. The molecular weight excluding hydrogens is 277 g/mol. The van der Waals surface area contributed by atoms with Crippen molar-refractivity contribution in [1.29, 1.82) is 0 Å². The Labute approximate surface area is 113 Å². The minimum Gasteiger partial charge on any atom is -0.497 e. The maximum Gasteiger partial charge on any atom is 0.391 e. The van der Waals surface area contributed by atoms with Crippen molar-refractivity contribution in [2.45, 2.75) is 12.6 Å². The van der Waals surface area contributed by atoms with Gasteiger partial charge in [0.25, 0.3) is 0 Å². The Kier molecular flexibility index (Phi) is 5.63. The van der Waals surface area contributed by atoms with Crippen molar-refractivity contribution in [2.75, 3.05) is 31.4 Å². The summed E-state index contributed by atoms with van der Waals surface area (Å²) in [4.78, 5) is 11.4. The highest BCUT2D eigenvalue weighted by molar-refractivity contribution is 5.94. The number of ether oxygens (including phenoxy) is 2. The summed E-state index contributed by atoms with van der Waals surface area (Å²) in [7, 11) is 1.47. The van der Waals surface area contributed by atoms with E-state index in [1.165, 1.54) is 19.2 Å². The highest BCUT2D eigenvalue weighted by atomic mass is 19.4. The number of amides is 1. The minimum absolute atomic E-state index is 0.285. The molecule has 5 nitrogen and oxygen atoms in total. The van der Waals surface area contributed by atoms with Gasteiger partial charge in [-0.1, -0.05) is 0 Å². The van der Waals surface area contributed by atoms with E-state index in [0.29, 0.717) is 11.4 Å². The van der Waals surface area contributed by atoms with Crippen molar-refractivity contribution in [1.82, 2.24) is 0 Å². The second kappa shape index (κ2) is 6.99. The number of nitrogens with one attached hydrogen (secondary N) is 1. The molecule has 0 aliphatic heterocycles. The lowest BCUT2D eigenvalue weighted by Gasteiger charge is -2.10. The van der Waals surface area contributed by atoms with E-state index < -0.39 is 31.7 Å². The van der Waals surface area contributed by atoms with Crippen molar-refractivity contribution in [3.8, 4) is 5.75 Å². The molecule has 20 heavy (non-hydrogen) atoms. The SMILES string of the molecule is COc1ccc(NC(=O)COCCC(F)(F)F)c(N)c1. The van der Waals surface area contributed by atoms with Gasteiger partial charge in [0.15, 0.2) is 0 Å². The molecule has 1 aromatic rings. The summed E-state index contributed by atoms with van der Waals surface area (Å²) >= 11 is 0. The number of hydrogen-bond donors (Lipinski definition) is 2. The summed E-state index contributed by atoms with van der Waals surface area (Å²) in [5, 5.41) is 2.43. The van der Waals surface area contributed by atoms with Crippen LogP contribution in [0.25, 0.3) is 0 Å². The van der Waals surface area contributed by atoms with E-state index in [0.717, 1.165) is 0 Å². The average molecular weight is 292 g/mol. The summed E-state index contributed by atoms with van der Waals surface area (Å²) in [5.74, 6) is -0.0500. The van der Waals surface area contributed by atoms with E-state index in [1.54, 1.807) is 6.07 Å². The van der Waals surface area contributed by atoms with E-state index in [2.05, 4.69) is 10.1 Å². The van der Waals surface area contributed by atoms with Crippen LogP contribution in [-0.4, -0.2) is 32.4 Å². The number of nitrogens with two attached hydrogens (primary N) is 1. The van der Waals surface area contributed by atoms with Crippen LogP contribution in [0, 0.1) is 0 Å². The van der Waals surface area contributed by atoms with Gasteiger partial charge in [0, 0.05) is 6.07 Å². The van der Waals surface area contributed by atoms with E-state index in [-0.39, 0.29) is 5.69 Å². The van der Waals surface area contributed by atoms with Crippen LogP contribution in [0.2, 0.25) is 0 Å². The Morgan fingerprint density at radius 2 is 2.10 bits per heavy atom. The van der Waals surface area contributed by atoms with Crippen LogP contribution < -0.4 is 15.8 Å². The molecule has 3 N–H and O–H groups in total. The number of rotatable bonds is 6. The van der Waals surface area contributed by atoms with Crippen LogP contribution in [0.15, 0.2) is 18.2 Å². The monoisotopic (exact) mass is 292 g/mol. The van der Waals surface area contributed by atoms with Gasteiger partial charge in [-0.05, 0) is 12.1 Å². The van der Waals surface area contributed by atoms with Crippen LogP contribution >= 0.6 is 0 Å². The summed E-state index contributed by atoms with van der Waals surface area (Å²) < 4.78 is 45.1. The summed E-state index contributed by atoms with van der Waals surface area (Å²) in [6.07, 6.45) is -5.39. The zero-order chi connectivity index (χ0) is 15.2. The van der Waals surface area contributed by atoms with Gasteiger partial charge in [0.1, 0.15) is 12.4 Å². The van der Waals surface area contributed by atoms with Crippen molar-refractivity contribution >= 4 is 17.3 Å². The third-order valence-electron chi connectivity index (χ3n) is 2.30. The molecule has 0 atom stereocenters. The fraction of sp³-hybridized carbons (Fsp3) is 0.417. The van der Waals surface area contributed by atoms with Gasteiger partial charge in [-0.3, -0.25) is 4.79 Å². The maximum absolute atomic E-state index is 11.8. The first-order valence-electron chi connectivity index (χ1n) is 5.69. The van der Waals surface area contributed by atoms with Gasteiger partial charge >= 0.3 is 6.18 Å². The van der Waals surface area contributed by atoms with Crippen LogP contribution in [0.3, 0.4) is 0 Å². The topological polar surface area (TPSA) is 73.6 Å². The van der Waals surface area contributed by atoms with Gasteiger partial charge in [0.2, 0.25) is 5.91 Å². The molecular formula is C12H15F3N2O3. The molecule has 0 saturated carbocycles. The predicted molar refractivity (Wildman–Crippen MR) is 67.5 cm³/mol. The number of hydrogen-bond acceptors (Lipinski definition) is 4. The molecule has 1 amide bonds. The highest BCUT2D eigenvalue weighted by Gasteiger charge is 2.26. The molecule has 0 fully saturated rings. The van der Waals surface area contributed by atoms with Crippen LogP contribution in [0.5, 0.6) is 5.75 Å². The molecule has 0 aromatic heterocycles. The minimum atomic E-state index is -4.29. The smallest absolute Gasteiger partial charge is 0.391 e. The van der Waals surface area contributed by atoms with Crippen molar-refractivity contribution in [3.05, 3.63) is 18.2 Å². The van der Waals surface area contributed by atoms with Gasteiger partial charge in [-0.15, -0.1) is 0 Å². The zero-order valence-electron chi connectivity index (χ0n) is 10.8. The lowest BCUT2D eigenvalue weighted by molar-refractivity contribution is -0.147. The second-order valence-electron chi connectivity index (χ2n) is 3.92. The first-order valence-corrected chi connectivity index (χ1v) is 5.69. The summed E-state index contributed by atoms with van der Waals surface area (Å²) in [6, 6.07) is 4.64. The van der Waals surface area contributed by atoms with Gasteiger partial charge in [0.05, 0.1) is 31.5 Å². The van der Waals surface area contributed by atoms with Gasteiger partial charge in [-0.2, -0.15) is 13.2 Å². The maximum atomic E-state index is 11.8.